The number of aliphatic hydroxyl groups is 2. The van der Waals surface area contributed by atoms with Crippen LogP contribution in [0.1, 0.15) is 28.2 Å². The van der Waals surface area contributed by atoms with Gasteiger partial charge in [0.2, 0.25) is 5.76 Å². The lowest BCUT2D eigenvalue weighted by Gasteiger charge is -2.37. The molecular formula is C35H28O17. The highest BCUT2D eigenvalue weighted by atomic mass is 16.6. The largest absolute Gasteiger partial charge is 0.504 e. The molecule has 0 saturated carbocycles. The van der Waals surface area contributed by atoms with Crippen molar-refractivity contribution in [3.05, 3.63) is 82.1 Å². The highest BCUT2D eigenvalue weighted by Gasteiger charge is 2.48. The summed E-state index contributed by atoms with van der Waals surface area (Å²) >= 11 is 0. The topological polar surface area (TPSA) is 298 Å². The zero-order valence-electron chi connectivity index (χ0n) is 26.3. The fraction of sp³-hybridized carbons (Fsp3) is 0.200. The highest BCUT2D eigenvalue weighted by Crippen LogP contribution is 2.52. The molecule has 52 heavy (non-hydrogen) atoms. The molecule has 270 valence electrons. The van der Waals surface area contributed by atoms with E-state index in [1.165, 1.54) is 6.07 Å². The molecule has 4 bridgehead atoms. The Balaban J connectivity index is 1.68. The Kier molecular flexibility index (Phi) is 8.91. The zero-order valence-corrected chi connectivity index (χ0v) is 26.3. The van der Waals surface area contributed by atoms with Gasteiger partial charge in [-0.1, -0.05) is 6.07 Å². The van der Waals surface area contributed by atoms with Crippen molar-refractivity contribution >= 4 is 36.0 Å². The van der Waals surface area contributed by atoms with E-state index in [1.54, 1.807) is 0 Å². The Labute approximate surface area is 291 Å². The van der Waals surface area contributed by atoms with Crippen LogP contribution in [0.15, 0.2) is 59.9 Å². The number of phenolic OH excluding ortho intramolecular Hbond substituents is 6. The van der Waals surface area contributed by atoms with Gasteiger partial charge in [0.15, 0.2) is 52.8 Å². The number of carbonyl (C=O) groups excluding carboxylic acids is 2. The lowest BCUT2D eigenvalue weighted by atomic mass is 9.70. The number of carbonyl (C=O) groups is 4. The molecule has 2 heterocycles. The van der Waals surface area contributed by atoms with Crippen LogP contribution in [0.2, 0.25) is 0 Å². The van der Waals surface area contributed by atoms with Crippen LogP contribution in [0.5, 0.6) is 34.5 Å². The molecular weight excluding hydrogens is 692 g/mol. The maximum Gasteiger partial charge on any atom is 0.370 e. The second-order valence-corrected chi connectivity index (χ2v) is 12.0. The molecule has 3 aromatic rings. The normalized spacial score (nSPS) is 23.5. The Morgan fingerprint density at radius 1 is 0.788 bits per heavy atom. The Morgan fingerprint density at radius 2 is 1.50 bits per heavy atom. The van der Waals surface area contributed by atoms with Gasteiger partial charge in [-0.2, -0.15) is 0 Å². The van der Waals surface area contributed by atoms with E-state index >= 15 is 0 Å². The Morgan fingerprint density at radius 3 is 2.17 bits per heavy atom. The number of aliphatic carboxylic acids is 2. The summed E-state index contributed by atoms with van der Waals surface area (Å²) in [6.07, 6.45) is -4.01. The molecule has 6 atom stereocenters. The summed E-state index contributed by atoms with van der Waals surface area (Å²) in [7, 11) is 0. The molecule has 0 fully saturated rings. The van der Waals surface area contributed by atoms with Gasteiger partial charge in [-0.25, -0.2) is 14.4 Å². The zero-order chi connectivity index (χ0) is 37.8. The van der Waals surface area contributed by atoms with Crippen molar-refractivity contribution in [3.8, 4) is 45.6 Å². The van der Waals surface area contributed by atoms with E-state index in [4.69, 9.17) is 14.2 Å². The first-order chi connectivity index (χ1) is 24.6. The van der Waals surface area contributed by atoms with E-state index in [9.17, 15) is 70.2 Å². The molecule has 0 aromatic heterocycles. The van der Waals surface area contributed by atoms with Crippen LogP contribution in [-0.2, 0) is 33.4 Å². The van der Waals surface area contributed by atoms with Crippen molar-refractivity contribution in [2.75, 3.05) is 6.61 Å². The first-order valence-corrected chi connectivity index (χ1v) is 15.2. The summed E-state index contributed by atoms with van der Waals surface area (Å²) in [5.41, 5.74) is -1.68. The lowest BCUT2D eigenvalue weighted by Crippen LogP contribution is -2.53. The Hall–Kier alpha value is -6.72. The molecule has 0 spiro atoms. The number of aromatic hydroxyl groups is 6. The molecule has 0 unspecified atom stereocenters. The molecule has 10 N–H and O–H groups in total. The summed E-state index contributed by atoms with van der Waals surface area (Å²) in [5, 5.41) is 105. The number of carboxylic acid groups (broad SMARTS) is 2. The fourth-order valence-corrected chi connectivity index (χ4v) is 6.45. The van der Waals surface area contributed by atoms with Crippen molar-refractivity contribution in [1.82, 2.24) is 0 Å². The molecule has 0 radical (unpaired) electrons. The van der Waals surface area contributed by atoms with Crippen LogP contribution >= 0.6 is 0 Å². The smallest absolute Gasteiger partial charge is 0.370 e. The van der Waals surface area contributed by atoms with Gasteiger partial charge in [-0.3, -0.25) is 4.79 Å². The molecule has 6 rings (SSSR count). The number of rotatable bonds is 4. The molecule has 17 heteroatoms. The van der Waals surface area contributed by atoms with Gasteiger partial charge in [0.25, 0.3) is 0 Å². The van der Waals surface area contributed by atoms with Gasteiger partial charge in [0.05, 0.1) is 18.1 Å². The van der Waals surface area contributed by atoms with Crippen LogP contribution in [-0.4, -0.2) is 106 Å². The molecule has 0 saturated heterocycles. The van der Waals surface area contributed by atoms with Crippen molar-refractivity contribution in [3.63, 3.8) is 0 Å². The minimum absolute atomic E-state index is 0.00581. The van der Waals surface area contributed by atoms with Crippen molar-refractivity contribution in [2.45, 2.75) is 30.3 Å². The summed E-state index contributed by atoms with van der Waals surface area (Å²) in [6.45, 7) is -1.05. The first-order valence-electron chi connectivity index (χ1n) is 15.2. The van der Waals surface area contributed by atoms with Gasteiger partial charge >= 0.3 is 23.9 Å². The van der Waals surface area contributed by atoms with Crippen molar-refractivity contribution < 1.29 is 84.5 Å². The average Bonchev–Trinajstić information content (AvgIpc) is 3.09. The SMILES string of the molecule is O=C1/C=C/c2ccc(O)c(O)c2-c2cc(cc(O)c2O)[C@@H]2c3cc(O)c(O)cc3C=C(C(=O)O[C@@H]3C=C(C(=O)O)O[C@H]([C@@H](O)CO)[C@@H]3O1)[C@H]2C(=O)O. The number of benzene rings is 3. The van der Waals surface area contributed by atoms with E-state index in [-0.39, 0.29) is 27.8 Å². The number of carboxylic acids is 2. The van der Waals surface area contributed by atoms with E-state index in [1.807, 2.05) is 0 Å². The lowest BCUT2D eigenvalue weighted by molar-refractivity contribution is -0.185. The van der Waals surface area contributed by atoms with E-state index in [0.717, 1.165) is 54.6 Å². The third-order valence-corrected chi connectivity index (χ3v) is 8.82. The van der Waals surface area contributed by atoms with Gasteiger partial charge in [-0.15, -0.1) is 0 Å². The maximum atomic E-state index is 14.0. The average molecular weight is 721 g/mol. The monoisotopic (exact) mass is 720 g/mol. The van der Waals surface area contributed by atoms with Crippen LogP contribution in [0.3, 0.4) is 0 Å². The third-order valence-electron chi connectivity index (χ3n) is 8.82. The van der Waals surface area contributed by atoms with E-state index in [0.29, 0.717) is 0 Å². The number of hydrogen-bond acceptors (Lipinski definition) is 15. The van der Waals surface area contributed by atoms with Crippen LogP contribution < -0.4 is 0 Å². The molecule has 3 aromatic carbocycles. The molecule has 1 aliphatic carbocycles. The fourth-order valence-electron chi connectivity index (χ4n) is 6.45. The summed E-state index contributed by atoms with van der Waals surface area (Å²) in [5.74, 6) is -15.1. The summed E-state index contributed by atoms with van der Waals surface area (Å²) < 4.78 is 16.3. The minimum atomic E-state index is -1.95. The summed E-state index contributed by atoms with van der Waals surface area (Å²) in [6, 6.07) is 6.33. The van der Waals surface area contributed by atoms with Crippen molar-refractivity contribution in [1.29, 1.82) is 0 Å². The van der Waals surface area contributed by atoms with Gasteiger partial charge in [0, 0.05) is 29.2 Å². The second kappa shape index (κ2) is 13.2. The quantitative estimate of drug-likeness (QED) is 0.134. The van der Waals surface area contributed by atoms with Gasteiger partial charge < -0.3 is 65.3 Å². The standard InChI is InChI=1S/C35H28O17/c36-11-22(41)31-32-23(10-24(50-31)33(45)46)51-35(49)17-5-13-7-19(38)20(39)9-15(13)26(28(17)34(47)48)14-6-16(29(43)21(40)8-14)27-12(2-4-25(42)52-32)1-3-18(37)30(27)44/h1-10,22-23,26,28,31-32,36-41,43-44H,11H2,(H,45,46)(H,47,48)/b4-2+/t22-,23+,26+,28+,31+,32+/m0/s1. The van der Waals surface area contributed by atoms with Crippen LogP contribution in [0, 0.1) is 5.92 Å². The number of fused-ring (bicyclic) bond motifs is 10. The summed E-state index contributed by atoms with van der Waals surface area (Å²) in [4.78, 5) is 52.4. The molecule has 0 amide bonds. The predicted octanol–water partition coefficient (Wildman–Crippen LogP) is 1.39. The molecule has 2 aliphatic heterocycles. The first kappa shape index (κ1) is 35.1. The highest BCUT2D eigenvalue weighted by molar-refractivity contribution is 6.02. The predicted molar refractivity (Wildman–Crippen MR) is 172 cm³/mol. The third kappa shape index (κ3) is 6.03. The van der Waals surface area contributed by atoms with Crippen LogP contribution in [0.25, 0.3) is 23.3 Å². The second-order valence-electron chi connectivity index (χ2n) is 12.0. The minimum Gasteiger partial charge on any atom is -0.504 e. The Bertz CT molecular complexity index is 2130. The van der Waals surface area contributed by atoms with Crippen molar-refractivity contribution in [2.24, 2.45) is 5.92 Å². The maximum absolute atomic E-state index is 14.0. The van der Waals surface area contributed by atoms with Gasteiger partial charge in [0.1, 0.15) is 6.10 Å². The molecule has 17 nitrogen and oxygen atoms in total. The van der Waals surface area contributed by atoms with E-state index < -0.39 is 118 Å². The number of esters is 2. The number of hydrogen-bond donors (Lipinski definition) is 10. The number of ether oxygens (including phenoxy) is 3. The number of aliphatic hydroxyl groups excluding tert-OH is 2. The number of phenols is 6. The van der Waals surface area contributed by atoms with E-state index in [2.05, 4.69) is 0 Å². The van der Waals surface area contributed by atoms with Gasteiger partial charge in [-0.05, 0) is 64.7 Å². The molecule has 3 aliphatic rings. The van der Waals surface area contributed by atoms with Crippen LogP contribution in [0.4, 0.5) is 0 Å².